The summed E-state index contributed by atoms with van der Waals surface area (Å²) in [6, 6.07) is -0.625. The van der Waals surface area contributed by atoms with E-state index in [1.807, 2.05) is 5.43 Å². The van der Waals surface area contributed by atoms with Gasteiger partial charge in [0.25, 0.3) is 5.91 Å². The Bertz CT molecular complexity index is 300. The molecule has 1 rings (SSSR count). The molecule has 0 radical (unpaired) electrons. The van der Waals surface area contributed by atoms with Crippen LogP contribution in [-0.2, 0) is 14.8 Å². The molecule has 1 unspecified atom stereocenters. The molecule has 1 heterocycles. The molecule has 3 N–H and O–H groups in total. The van der Waals surface area contributed by atoms with E-state index in [0.29, 0.717) is 19.4 Å². The van der Waals surface area contributed by atoms with Crippen molar-refractivity contribution in [2.24, 2.45) is 5.84 Å². The van der Waals surface area contributed by atoms with Gasteiger partial charge in [0.05, 0.1) is 6.26 Å². The van der Waals surface area contributed by atoms with Crippen LogP contribution in [-0.4, -0.2) is 37.5 Å². The maximum atomic E-state index is 11.2. The Hall–Kier alpha value is -0.660. The van der Waals surface area contributed by atoms with E-state index in [1.165, 1.54) is 4.31 Å². The molecule has 0 saturated carbocycles. The fourth-order valence-corrected chi connectivity index (χ4v) is 2.62. The number of hydrogen-bond acceptors (Lipinski definition) is 4. The van der Waals surface area contributed by atoms with Crippen LogP contribution in [0.25, 0.3) is 0 Å². The van der Waals surface area contributed by atoms with Crippen LogP contribution in [0.5, 0.6) is 0 Å². The van der Waals surface area contributed by atoms with Gasteiger partial charge in [-0.3, -0.25) is 10.2 Å². The monoisotopic (exact) mass is 207 g/mol. The maximum Gasteiger partial charge on any atom is 0.252 e. The number of hydrogen-bond donors (Lipinski definition) is 2. The second-order valence-corrected chi connectivity index (χ2v) is 4.98. The van der Waals surface area contributed by atoms with Crippen LogP contribution in [0.1, 0.15) is 12.8 Å². The van der Waals surface area contributed by atoms with Crippen molar-refractivity contribution in [2.75, 3.05) is 12.8 Å². The van der Waals surface area contributed by atoms with Crippen molar-refractivity contribution in [3.63, 3.8) is 0 Å². The van der Waals surface area contributed by atoms with E-state index in [0.717, 1.165) is 6.26 Å². The number of rotatable bonds is 2. The Morgan fingerprint density at radius 2 is 2.23 bits per heavy atom. The van der Waals surface area contributed by atoms with Crippen LogP contribution >= 0.6 is 0 Å². The largest absolute Gasteiger partial charge is 0.293 e. The van der Waals surface area contributed by atoms with Crippen molar-refractivity contribution >= 4 is 15.9 Å². The number of nitrogens with zero attached hydrogens (tertiary/aromatic N) is 1. The Morgan fingerprint density at radius 3 is 2.69 bits per heavy atom. The molecule has 13 heavy (non-hydrogen) atoms. The summed E-state index contributed by atoms with van der Waals surface area (Å²) < 4.78 is 23.5. The highest BCUT2D eigenvalue weighted by atomic mass is 32.2. The summed E-state index contributed by atoms with van der Waals surface area (Å²) in [5.41, 5.74) is 1.96. The summed E-state index contributed by atoms with van der Waals surface area (Å²) in [5, 5.41) is 0. The number of carbonyl (C=O) groups is 1. The molecule has 0 bridgehead atoms. The van der Waals surface area contributed by atoms with Crippen LogP contribution in [0.3, 0.4) is 0 Å². The van der Waals surface area contributed by atoms with Crippen molar-refractivity contribution in [1.82, 2.24) is 9.73 Å². The zero-order valence-corrected chi connectivity index (χ0v) is 8.17. The van der Waals surface area contributed by atoms with Crippen LogP contribution < -0.4 is 11.3 Å². The fourth-order valence-electron chi connectivity index (χ4n) is 1.50. The highest BCUT2D eigenvalue weighted by Gasteiger charge is 2.35. The highest BCUT2D eigenvalue weighted by molar-refractivity contribution is 7.88. The predicted molar refractivity (Wildman–Crippen MR) is 46.9 cm³/mol. The third-order valence-electron chi connectivity index (χ3n) is 2.07. The molecule has 7 heteroatoms. The van der Waals surface area contributed by atoms with Crippen LogP contribution in [0.15, 0.2) is 0 Å². The van der Waals surface area contributed by atoms with Crippen molar-refractivity contribution in [3.8, 4) is 0 Å². The fraction of sp³-hybridized carbons (Fsp3) is 0.833. The molecule has 1 fully saturated rings. The van der Waals surface area contributed by atoms with E-state index in [2.05, 4.69) is 0 Å². The minimum atomic E-state index is -3.29. The minimum absolute atomic E-state index is 0.400. The van der Waals surface area contributed by atoms with Gasteiger partial charge in [0.1, 0.15) is 6.04 Å². The van der Waals surface area contributed by atoms with E-state index >= 15 is 0 Å². The van der Waals surface area contributed by atoms with Gasteiger partial charge in [-0.1, -0.05) is 0 Å². The maximum absolute atomic E-state index is 11.2. The Balaban J connectivity index is 2.82. The molecule has 76 valence electrons. The summed E-state index contributed by atoms with van der Waals surface area (Å²) in [7, 11) is -3.29. The highest BCUT2D eigenvalue weighted by Crippen LogP contribution is 2.19. The second kappa shape index (κ2) is 3.60. The van der Waals surface area contributed by atoms with E-state index in [9.17, 15) is 13.2 Å². The number of sulfonamides is 1. The lowest BCUT2D eigenvalue weighted by molar-refractivity contribution is -0.124. The molecule has 0 spiro atoms. The zero-order chi connectivity index (χ0) is 10.1. The van der Waals surface area contributed by atoms with Gasteiger partial charge in [0.15, 0.2) is 0 Å². The van der Waals surface area contributed by atoms with Gasteiger partial charge in [-0.05, 0) is 12.8 Å². The number of amides is 1. The van der Waals surface area contributed by atoms with Gasteiger partial charge in [0.2, 0.25) is 10.0 Å². The molecule has 1 atom stereocenters. The summed E-state index contributed by atoms with van der Waals surface area (Å²) in [6.07, 6.45) is 2.33. The first-order valence-electron chi connectivity index (χ1n) is 3.94. The molecule has 1 saturated heterocycles. The number of carbonyl (C=O) groups excluding carboxylic acids is 1. The summed E-state index contributed by atoms with van der Waals surface area (Å²) in [5.74, 6) is 4.49. The standard InChI is InChI=1S/C6H13N3O3S/c1-13(11,12)9-4-2-3-5(9)6(10)8-7/h5H,2-4,7H2,1H3,(H,8,10). The van der Waals surface area contributed by atoms with E-state index in [-0.39, 0.29) is 0 Å². The summed E-state index contributed by atoms with van der Waals surface area (Å²) in [6.45, 7) is 0.400. The lowest BCUT2D eigenvalue weighted by atomic mass is 10.2. The number of nitrogens with two attached hydrogens (primary N) is 1. The third-order valence-corrected chi connectivity index (χ3v) is 3.36. The molecular weight excluding hydrogens is 194 g/mol. The predicted octanol–water partition coefficient (Wildman–Crippen LogP) is -1.60. The van der Waals surface area contributed by atoms with Crippen molar-refractivity contribution in [3.05, 3.63) is 0 Å². The van der Waals surface area contributed by atoms with E-state index in [4.69, 9.17) is 5.84 Å². The van der Waals surface area contributed by atoms with Gasteiger partial charge in [-0.2, -0.15) is 4.31 Å². The lowest BCUT2D eigenvalue weighted by Crippen LogP contribution is -2.47. The first-order valence-corrected chi connectivity index (χ1v) is 5.79. The topological polar surface area (TPSA) is 92.5 Å². The van der Waals surface area contributed by atoms with Crippen molar-refractivity contribution in [2.45, 2.75) is 18.9 Å². The van der Waals surface area contributed by atoms with Gasteiger partial charge in [-0.25, -0.2) is 14.3 Å². The van der Waals surface area contributed by atoms with Crippen molar-refractivity contribution < 1.29 is 13.2 Å². The van der Waals surface area contributed by atoms with Crippen molar-refractivity contribution in [1.29, 1.82) is 0 Å². The molecule has 0 aliphatic carbocycles. The third kappa shape index (κ3) is 2.17. The average Bonchev–Trinajstić information content (AvgIpc) is 2.49. The molecular formula is C6H13N3O3S. The molecule has 6 nitrogen and oxygen atoms in total. The molecule has 0 aromatic heterocycles. The van der Waals surface area contributed by atoms with Gasteiger partial charge < -0.3 is 0 Å². The summed E-state index contributed by atoms with van der Waals surface area (Å²) in [4.78, 5) is 11.1. The zero-order valence-electron chi connectivity index (χ0n) is 7.36. The average molecular weight is 207 g/mol. The normalized spacial score (nSPS) is 24.6. The van der Waals surface area contributed by atoms with Gasteiger partial charge in [-0.15, -0.1) is 0 Å². The Morgan fingerprint density at radius 1 is 1.62 bits per heavy atom. The van der Waals surface area contributed by atoms with Gasteiger partial charge in [0, 0.05) is 6.54 Å². The molecule has 1 aliphatic rings. The molecule has 0 aromatic rings. The quantitative estimate of drug-likeness (QED) is 0.324. The number of hydrazine groups is 1. The number of nitrogens with one attached hydrogen (secondary N) is 1. The van der Waals surface area contributed by atoms with E-state index in [1.54, 1.807) is 0 Å². The molecule has 1 aliphatic heterocycles. The SMILES string of the molecule is CS(=O)(=O)N1CCCC1C(=O)NN. The van der Waals surface area contributed by atoms with Crippen LogP contribution in [0.2, 0.25) is 0 Å². The molecule has 1 amide bonds. The summed E-state index contributed by atoms with van der Waals surface area (Å²) >= 11 is 0. The lowest BCUT2D eigenvalue weighted by Gasteiger charge is -2.19. The smallest absolute Gasteiger partial charge is 0.252 e. The second-order valence-electron chi connectivity index (χ2n) is 3.04. The first kappa shape index (κ1) is 10.4. The first-order chi connectivity index (χ1) is 5.96. The molecule has 0 aromatic carbocycles. The van der Waals surface area contributed by atoms with E-state index < -0.39 is 22.0 Å². The minimum Gasteiger partial charge on any atom is -0.293 e. The van der Waals surface area contributed by atoms with Gasteiger partial charge >= 0.3 is 0 Å². The Labute approximate surface area is 77.1 Å². The van der Waals surface area contributed by atoms with Crippen LogP contribution in [0, 0.1) is 0 Å². The Kier molecular flexibility index (Phi) is 2.89. The van der Waals surface area contributed by atoms with Crippen LogP contribution in [0.4, 0.5) is 0 Å².